The number of hydrogen-bond donors (Lipinski definition) is 0. The molecule has 0 saturated heterocycles. The summed E-state index contributed by atoms with van der Waals surface area (Å²) in [7, 11) is 5.04. The van der Waals surface area contributed by atoms with Gasteiger partial charge in [0.2, 0.25) is 0 Å². The van der Waals surface area contributed by atoms with E-state index in [1.165, 1.54) is 11.6 Å². The van der Waals surface area contributed by atoms with Crippen LogP contribution in [0.3, 0.4) is 0 Å². The van der Waals surface area contributed by atoms with Crippen molar-refractivity contribution in [3.05, 3.63) is 26.5 Å². The topological polar surface area (TPSA) is 47.2 Å². The third kappa shape index (κ3) is 1.27. The zero-order chi connectivity index (χ0) is 11.3. The predicted molar refractivity (Wildman–Crippen MR) is 61.7 cm³/mol. The van der Waals surface area contributed by atoms with Gasteiger partial charge in [0.05, 0.1) is 10.6 Å². The molecule has 1 aromatic heterocycles. The molecule has 2 rings (SSSR count). The van der Waals surface area contributed by atoms with Crippen LogP contribution in [-0.4, -0.2) is 21.1 Å². The first kappa shape index (κ1) is 10.5. The molecule has 0 aliphatic carbocycles. The van der Waals surface area contributed by atoms with Crippen molar-refractivity contribution in [2.75, 3.05) is 11.9 Å². The lowest BCUT2D eigenvalue weighted by atomic mass is 10.3. The standard InChI is InChI=1S/C9H12BrN3O2/c1-11-5-4-6(10)12(2)7(5)8(14)13(3)9(11)15/h6H,4H2,1-3H3. The van der Waals surface area contributed by atoms with E-state index in [1.54, 1.807) is 7.05 Å². The number of fused-ring (bicyclic) bond motifs is 1. The van der Waals surface area contributed by atoms with Crippen LogP contribution in [0.15, 0.2) is 9.59 Å². The van der Waals surface area contributed by atoms with Gasteiger partial charge in [0, 0.05) is 27.6 Å². The lowest BCUT2D eigenvalue weighted by Gasteiger charge is -2.16. The van der Waals surface area contributed by atoms with Crippen LogP contribution in [0.5, 0.6) is 0 Å². The first-order valence-electron chi connectivity index (χ1n) is 4.61. The third-order valence-electron chi connectivity index (χ3n) is 2.89. The van der Waals surface area contributed by atoms with E-state index in [2.05, 4.69) is 15.9 Å². The van der Waals surface area contributed by atoms with E-state index < -0.39 is 0 Å². The molecule has 1 aliphatic heterocycles. The molecule has 1 atom stereocenters. The van der Waals surface area contributed by atoms with Crippen molar-refractivity contribution in [1.29, 1.82) is 0 Å². The smallest absolute Gasteiger partial charge is 0.330 e. The van der Waals surface area contributed by atoms with Crippen LogP contribution in [0.25, 0.3) is 0 Å². The molecule has 0 radical (unpaired) electrons. The average Bonchev–Trinajstić information content (AvgIpc) is 2.50. The second-order valence-electron chi connectivity index (χ2n) is 3.75. The summed E-state index contributed by atoms with van der Waals surface area (Å²) in [6, 6.07) is 0. The Morgan fingerprint density at radius 2 is 1.80 bits per heavy atom. The van der Waals surface area contributed by atoms with E-state index >= 15 is 0 Å². The Kier molecular flexibility index (Phi) is 2.26. The van der Waals surface area contributed by atoms with Crippen LogP contribution in [0.1, 0.15) is 5.69 Å². The van der Waals surface area contributed by atoms with Gasteiger partial charge < -0.3 is 4.90 Å². The number of hydrogen-bond acceptors (Lipinski definition) is 3. The molecular formula is C9H12BrN3O2. The number of nitrogens with zero attached hydrogens (tertiary/aromatic N) is 3. The van der Waals surface area contributed by atoms with Gasteiger partial charge in [0.15, 0.2) is 0 Å². The van der Waals surface area contributed by atoms with Gasteiger partial charge in [-0.25, -0.2) is 4.79 Å². The highest BCUT2D eigenvalue weighted by atomic mass is 79.9. The molecule has 1 aromatic rings. The van der Waals surface area contributed by atoms with Crippen molar-refractivity contribution in [2.45, 2.75) is 11.4 Å². The summed E-state index contributed by atoms with van der Waals surface area (Å²) in [5.41, 5.74) is 0.917. The quantitative estimate of drug-likeness (QED) is 0.486. The molecule has 0 bridgehead atoms. The van der Waals surface area contributed by atoms with Crippen molar-refractivity contribution in [3.8, 4) is 0 Å². The second-order valence-corrected chi connectivity index (χ2v) is 4.81. The summed E-state index contributed by atoms with van der Waals surface area (Å²) in [6.45, 7) is 0. The van der Waals surface area contributed by atoms with Gasteiger partial charge in [0.1, 0.15) is 5.69 Å². The Bertz CT molecular complexity index is 531. The Balaban J connectivity index is 2.87. The van der Waals surface area contributed by atoms with Gasteiger partial charge in [-0.2, -0.15) is 0 Å². The highest BCUT2D eigenvalue weighted by Crippen LogP contribution is 2.28. The van der Waals surface area contributed by atoms with E-state index in [-0.39, 0.29) is 16.2 Å². The first-order valence-corrected chi connectivity index (χ1v) is 5.52. The number of anilines is 1. The normalized spacial score (nSPS) is 19.5. The van der Waals surface area contributed by atoms with Crippen LogP contribution in [0, 0.1) is 0 Å². The minimum atomic E-state index is -0.270. The molecule has 15 heavy (non-hydrogen) atoms. The maximum absolute atomic E-state index is 11.9. The zero-order valence-corrected chi connectivity index (χ0v) is 10.4. The molecule has 6 heteroatoms. The van der Waals surface area contributed by atoms with Crippen molar-refractivity contribution in [3.63, 3.8) is 0 Å². The molecule has 5 nitrogen and oxygen atoms in total. The summed E-state index contributed by atoms with van der Waals surface area (Å²) in [6.07, 6.45) is 0.674. The van der Waals surface area contributed by atoms with Crippen molar-refractivity contribution in [1.82, 2.24) is 9.13 Å². The summed E-state index contributed by atoms with van der Waals surface area (Å²) in [5.74, 6) is 0. The van der Waals surface area contributed by atoms with Gasteiger partial charge in [-0.15, -0.1) is 0 Å². The predicted octanol–water partition coefficient (Wildman–Crippen LogP) is -0.203. The largest absolute Gasteiger partial charge is 0.356 e. The van der Waals surface area contributed by atoms with Gasteiger partial charge in [-0.05, 0) is 0 Å². The lowest BCUT2D eigenvalue weighted by Crippen LogP contribution is -2.39. The fourth-order valence-corrected chi connectivity index (χ4v) is 2.40. The summed E-state index contributed by atoms with van der Waals surface area (Å²) >= 11 is 3.46. The average molecular weight is 274 g/mol. The van der Waals surface area contributed by atoms with Crippen molar-refractivity contribution < 1.29 is 0 Å². The molecule has 0 spiro atoms. The maximum atomic E-state index is 11.9. The maximum Gasteiger partial charge on any atom is 0.330 e. The molecule has 0 amide bonds. The fraction of sp³-hybridized carbons (Fsp3) is 0.556. The summed E-state index contributed by atoms with van der Waals surface area (Å²) in [4.78, 5) is 25.5. The second kappa shape index (κ2) is 3.23. The molecule has 2 heterocycles. The summed E-state index contributed by atoms with van der Waals surface area (Å²) < 4.78 is 2.68. The number of halogens is 1. The summed E-state index contributed by atoms with van der Waals surface area (Å²) in [5, 5.41) is 0. The SMILES string of the molecule is CN1c2c(n(C)c(=O)n(C)c2=O)CC1Br. The molecule has 0 fully saturated rings. The van der Waals surface area contributed by atoms with Gasteiger partial charge in [-0.1, -0.05) is 15.9 Å². The lowest BCUT2D eigenvalue weighted by molar-refractivity contribution is 0.666. The molecule has 1 aliphatic rings. The number of aromatic nitrogens is 2. The van der Waals surface area contributed by atoms with Gasteiger partial charge in [0.25, 0.3) is 5.56 Å². The van der Waals surface area contributed by atoms with E-state index in [0.29, 0.717) is 12.1 Å². The van der Waals surface area contributed by atoms with Crippen LogP contribution in [0.2, 0.25) is 0 Å². The fourth-order valence-electron chi connectivity index (χ4n) is 1.89. The Labute approximate surface area is 95.1 Å². The van der Waals surface area contributed by atoms with Gasteiger partial charge >= 0.3 is 5.69 Å². The molecule has 0 saturated carbocycles. The van der Waals surface area contributed by atoms with Gasteiger partial charge in [-0.3, -0.25) is 13.9 Å². The Morgan fingerprint density at radius 3 is 2.40 bits per heavy atom. The molecule has 1 unspecified atom stereocenters. The third-order valence-corrected chi connectivity index (χ3v) is 3.83. The van der Waals surface area contributed by atoms with E-state index in [9.17, 15) is 9.59 Å². The molecule has 82 valence electrons. The van der Waals surface area contributed by atoms with Crippen molar-refractivity contribution in [2.24, 2.45) is 14.1 Å². The van der Waals surface area contributed by atoms with Crippen molar-refractivity contribution >= 4 is 21.6 Å². The number of alkyl halides is 1. The van der Waals surface area contributed by atoms with E-state index in [4.69, 9.17) is 0 Å². The van der Waals surface area contributed by atoms with E-state index in [1.807, 2.05) is 11.9 Å². The minimum absolute atomic E-state index is 0.0909. The Hall–Kier alpha value is -1.04. The minimum Gasteiger partial charge on any atom is -0.356 e. The number of rotatable bonds is 0. The highest BCUT2D eigenvalue weighted by molar-refractivity contribution is 9.09. The molecular weight excluding hydrogens is 262 g/mol. The molecule has 0 N–H and O–H groups in total. The first-order chi connectivity index (χ1) is 6.95. The number of likely N-dealkylation sites (N-methyl/N-ethyl adjacent to an activating group) is 1. The zero-order valence-electron chi connectivity index (χ0n) is 8.82. The van der Waals surface area contributed by atoms with Crippen LogP contribution >= 0.6 is 15.9 Å². The monoisotopic (exact) mass is 273 g/mol. The van der Waals surface area contributed by atoms with Crippen LogP contribution in [-0.2, 0) is 20.5 Å². The van der Waals surface area contributed by atoms with Crippen LogP contribution < -0.4 is 16.1 Å². The Morgan fingerprint density at radius 1 is 1.20 bits per heavy atom. The highest BCUT2D eigenvalue weighted by Gasteiger charge is 2.30. The van der Waals surface area contributed by atoms with Crippen LogP contribution in [0.4, 0.5) is 5.69 Å². The molecule has 0 aromatic carbocycles. The van der Waals surface area contributed by atoms with E-state index in [0.717, 1.165) is 10.3 Å².